The quantitative estimate of drug-likeness (QED) is 0.167. The summed E-state index contributed by atoms with van der Waals surface area (Å²) in [6.45, 7) is 0. The van der Waals surface area contributed by atoms with Crippen LogP contribution in [-0.4, -0.2) is 0 Å². The highest BCUT2D eigenvalue weighted by molar-refractivity contribution is 6.03. The van der Waals surface area contributed by atoms with Crippen LogP contribution in [-0.2, 0) is 11.8 Å². The van der Waals surface area contributed by atoms with E-state index in [0.29, 0.717) is 0 Å². The smallest absolute Gasteiger partial charge is 0.0723 e. The van der Waals surface area contributed by atoms with Crippen LogP contribution in [0.2, 0.25) is 0 Å². The molecule has 12 rings (SSSR count). The van der Waals surface area contributed by atoms with Crippen molar-refractivity contribution in [1.29, 1.82) is 0 Å². The molecule has 280 valence electrons. The average molecular weight is 755 g/mol. The van der Waals surface area contributed by atoms with Crippen molar-refractivity contribution in [3.05, 3.63) is 239 Å². The van der Waals surface area contributed by atoms with E-state index in [4.69, 9.17) is 0 Å². The highest BCUT2D eigenvalue weighted by atomic mass is 15.2. The molecule has 0 aromatic heterocycles. The Hall–Kier alpha value is -7.16. The molecule has 59 heavy (non-hydrogen) atoms. The van der Waals surface area contributed by atoms with Gasteiger partial charge in [-0.25, -0.2) is 0 Å². The molecule has 0 fully saturated rings. The maximum absolute atomic E-state index is 2.56. The van der Waals surface area contributed by atoms with Crippen LogP contribution in [0.1, 0.15) is 52.6 Å². The lowest BCUT2D eigenvalue weighted by Crippen LogP contribution is -2.27. The number of rotatable bonds is 6. The first-order chi connectivity index (χ1) is 29.3. The van der Waals surface area contributed by atoms with Gasteiger partial charge >= 0.3 is 0 Å². The lowest BCUT2D eigenvalue weighted by molar-refractivity contribution is 0.782. The largest absolute Gasteiger partial charge is 0.310 e. The van der Waals surface area contributed by atoms with Crippen LogP contribution >= 0.6 is 0 Å². The molecule has 4 aliphatic carbocycles. The van der Waals surface area contributed by atoms with Crippen molar-refractivity contribution in [2.75, 3.05) is 9.80 Å². The number of para-hydroxylation sites is 2. The average Bonchev–Trinajstić information content (AvgIpc) is 3.77. The molecule has 4 aliphatic rings. The van der Waals surface area contributed by atoms with E-state index < -0.39 is 5.41 Å². The molecular formula is C57H42N2. The fourth-order valence-corrected chi connectivity index (χ4v) is 10.7. The van der Waals surface area contributed by atoms with Gasteiger partial charge < -0.3 is 9.80 Å². The Kier molecular flexibility index (Phi) is 7.74. The Morgan fingerprint density at radius 1 is 0.424 bits per heavy atom. The van der Waals surface area contributed by atoms with Crippen molar-refractivity contribution >= 4 is 56.5 Å². The lowest BCUT2D eigenvalue weighted by Gasteiger charge is -2.34. The maximum Gasteiger partial charge on any atom is 0.0723 e. The molecule has 8 aromatic carbocycles. The summed E-state index contributed by atoms with van der Waals surface area (Å²) in [4.78, 5) is 4.95. The molecule has 2 heteroatoms. The van der Waals surface area contributed by atoms with Crippen molar-refractivity contribution in [3.63, 3.8) is 0 Å². The molecule has 1 unspecified atom stereocenters. The molecule has 0 radical (unpaired) electrons. The van der Waals surface area contributed by atoms with Crippen molar-refractivity contribution < 1.29 is 0 Å². The molecule has 0 N–H and O–H groups in total. The molecule has 0 saturated carbocycles. The van der Waals surface area contributed by atoms with Crippen LogP contribution < -0.4 is 9.80 Å². The zero-order chi connectivity index (χ0) is 38.9. The third-order valence-corrected chi connectivity index (χ3v) is 13.1. The predicted molar refractivity (Wildman–Crippen MR) is 248 cm³/mol. The van der Waals surface area contributed by atoms with E-state index >= 15 is 0 Å². The summed E-state index contributed by atoms with van der Waals surface area (Å²) in [5.41, 5.74) is 20.1. The number of aryl methyl sites for hydroxylation is 1. The highest BCUT2D eigenvalue weighted by Gasteiger charge is 2.54. The molecule has 0 amide bonds. The van der Waals surface area contributed by atoms with Crippen LogP contribution in [0.25, 0.3) is 33.5 Å². The molecule has 1 spiro atoms. The molecule has 0 saturated heterocycles. The molecule has 1 atom stereocenters. The number of allylic oxidation sites excluding steroid dienone is 5. The van der Waals surface area contributed by atoms with Gasteiger partial charge in [-0.3, -0.25) is 0 Å². The fraction of sp³-hybridized carbons (Fsp3) is 0.0877. The minimum atomic E-state index is -0.487. The summed E-state index contributed by atoms with van der Waals surface area (Å²) in [7, 11) is 0. The van der Waals surface area contributed by atoms with Gasteiger partial charge in [-0.1, -0.05) is 146 Å². The molecule has 2 nitrogen and oxygen atoms in total. The molecular weight excluding hydrogens is 713 g/mol. The summed E-state index contributed by atoms with van der Waals surface area (Å²) >= 11 is 0. The Morgan fingerprint density at radius 2 is 1.03 bits per heavy atom. The van der Waals surface area contributed by atoms with E-state index in [1.807, 2.05) is 0 Å². The van der Waals surface area contributed by atoms with E-state index in [9.17, 15) is 0 Å². The predicted octanol–water partition coefficient (Wildman–Crippen LogP) is 15.2. The van der Waals surface area contributed by atoms with Gasteiger partial charge in [-0.05, 0) is 142 Å². The number of hydrogen-bond donors (Lipinski definition) is 0. The lowest BCUT2D eigenvalue weighted by atomic mass is 9.69. The number of hydrogen-bond acceptors (Lipinski definition) is 2. The van der Waals surface area contributed by atoms with E-state index in [1.54, 1.807) is 0 Å². The fourth-order valence-electron chi connectivity index (χ4n) is 10.7. The number of fused-ring (bicyclic) bond motifs is 12. The summed E-state index contributed by atoms with van der Waals surface area (Å²) in [5.74, 6) is 0. The normalized spacial score (nSPS) is 16.7. The van der Waals surface area contributed by atoms with Gasteiger partial charge in [0, 0.05) is 33.7 Å². The topological polar surface area (TPSA) is 6.48 Å². The van der Waals surface area contributed by atoms with E-state index in [-0.39, 0.29) is 0 Å². The van der Waals surface area contributed by atoms with Crippen molar-refractivity contribution in [1.82, 2.24) is 0 Å². The van der Waals surface area contributed by atoms with E-state index in [2.05, 4.69) is 216 Å². The zero-order valence-electron chi connectivity index (χ0n) is 32.9. The zero-order valence-corrected chi connectivity index (χ0v) is 32.9. The number of benzene rings is 8. The first-order valence-corrected chi connectivity index (χ1v) is 21.1. The van der Waals surface area contributed by atoms with Gasteiger partial charge in [0.1, 0.15) is 0 Å². The number of nitrogens with zero attached hydrogens (tertiary/aromatic N) is 2. The minimum absolute atomic E-state index is 0.487. The van der Waals surface area contributed by atoms with Gasteiger partial charge in [0.2, 0.25) is 0 Å². The molecule has 0 bridgehead atoms. The Morgan fingerprint density at radius 3 is 1.80 bits per heavy atom. The molecule has 0 aliphatic heterocycles. The van der Waals surface area contributed by atoms with Crippen LogP contribution in [0.4, 0.5) is 34.1 Å². The Bertz CT molecular complexity index is 3060. The maximum atomic E-state index is 2.56. The van der Waals surface area contributed by atoms with Gasteiger partial charge in [-0.15, -0.1) is 0 Å². The summed E-state index contributed by atoms with van der Waals surface area (Å²) < 4.78 is 0. The second-order valence-electron chi connectivity index (χ2n) is 16.2. The summed E-state index contributed by atoms with van der Waals surface area (Å²) in [6, 6.07) is 67.8. The van der Waals surface area contributed by atoms with Gasteiger partial charge in [0.25, 0.3) is 0 Å². The summed E-state index contributed by atoms with van der Waals surface area (Å²) in [6.07, 6.45) is 13.9. The second kappa shape index (κ2) is 13.5. The standard InChI is InChI=1S/C57H42N2/c1-3-21-41(22-4-1)58(55-31-15-19-39-17-7-9-25-45(39)55)43-33-35-49-50-36-34-44(59(42-23-5-2-6-24-42)56-32-16-20-40-18-8-10-26-46(40)56)38-54(50)57(53(49)37-43)51-29-13-11-27-47(51)48-28-12-14-30-52(48)57/h1-7,9-11,13,15-17,19-38H,8,12,14,18H2. The van der Waals surface area contributed by atoms with Crippen LogP contribution in [0.5, 0.6) is 0 Å². The monoisotopic (exact) mass is 754 g/mol. The molecule has 0 heterocycles. The van der Waals surface area contributed by atoms with Gasteiger partial charge in [-0.2, -0.15) is 0 Å². The van der Waals surface area contributed by atoms with Crippen LogP contribution in [0.15, 0.2) is 206 Å². The molecule has 8 aromatic rings. The van der Waals surface area contributed by atoms with Gasteiger partial charge in [0.15, 0.2) is 0 Å². The van der Waals surface area contributed by atoms with Crippen molar-refractivity contribution in [2.24, 2.45) is 0 Å². The van der Waals surface area contributed by atoms with Crippen LogP contribution in [0, 0.1) is 0 Å². The SMILES string of the molecule is C1=Cc2c(cccc2N(c2ccccc2)c2ccc3c(c2)C2(C4=CCCC=C4c4ccccc42)c2cc(N(c4ccccc4)c4cccc5ccccc45)ccc2-3)CC1. The summed E-state index contributed by atoms with van der Waals surface area (Å²) in [5, 5.41) is 2.46. The van der Waals surface area contributed by atoms with E-state index in [1.165, 1.54) is 83.5 Å². The van der Waals surface area contributed by atoms with E-state index in [0.717, 1.165) is 42.7 Å². The van der Waals surface area contributed by atoms with Gasteiger partial charge in [0.05, 0.1) is 16.8 Å². The first kappa shape index (κ1) is 33.9. The second-order valence-corrected chi connectivity index (χ2v) is 16.2. The third kappa shape index (κ3) is 5.06. The third-order valence-electron chi connectivity index (χ3n) is 13.1. The van der Waals surface area contributed by atoms with Crippen molar-refractivity contribution in [2.45, 2.75) is 31.1 Å². The van der Waals surface area contributed by atoms with Crippen LogP contribution in [0.3, 0.4) is 0 Å². The Balaban J connectivity index is 1.13. The Labute approximate surface area is 346 Å². The number of anilines is 6. The van der Waals surface area contributed by atoms with Crippen molar-refractivity contribution in [3.8, 4) is 11.1 Å². The first-order valence-electron chi connectivity index (χ1n) is 21.1. The minimum Gasteiger partial charge on any atom is -0.310 e. The highest BCUT2D eigenvalue weighted by Crippen LogP contribution is 2.65.